The largest absolute Gasteiger partial charge is 0.326 e. The monoisotopic (exact) mass is 403 g/mol. The van der Waals surface area contributed by atoms with E-state index in [0.29, 0.717) is 16.9 Å². The lowest BCUT2D eigenvalue weighted by atomic mass is 10.1. The highest BCUT2D eigenvalue weighted by atomic mass is 32.2. The van der Waals surface area contributed by atoms with E-state index in [-0.39, 0.29) is 23.1 Å². The van der Waals surface area contributed by atoms with Crippen molar-refractivity contribution in [1.82, 2.24) is 4.31 Å². The Morgan fingerprint density at radius 3 is 1.86 bits per heavy atom. The maximum Gasteiger partial charge on any atom is 0.243 e. The number of amides is 2. The van der Waals surface area contributed by atoms with E-state index < -0.39 is 15.9 Å². The third-order valence-electron chi connectivity index (χ3n) is 3.82. The molecule has 2 N–H and O–H groups in total. The summed E-state index contributed by atoms with van der Waals surface area (Å²) in [7, 11) is -2.57. The Hall–Kier alpha value is -3.04. The minimum Gasteiger partial charge on any atom is -0.326 e. The van der Waals surface area contributed by atoms with Gasteiger partial charge in [0.05, 0.1) is 11.4 Å². The van der Waals surface area contributed by atoms with E-state index >= 15 is 0 Å². The normalized spacial score (nSPS) is 11.1. The van der Waals surface area contributed by atoms with Crippen LogP contribution in [0.1, 0.15) is 24.2 Å². The molecule has 0 atom stereocenters. The molecule has 0 aliphatic rings. The second-order valence-electron chi connectivity index (χ2n) is 6.15. The molecule has 2 aromatic rings. The van der Waals surface area contributed by atoms with Gasteiger partial charge in [-0.15, -0.1) is 0 Å². The number of nitrogens with zero attached hydrogens (tertiary/aromatic N) is 1. The smallest absolute Gasteiger partial charge is 0.243 e. The summed E-state index contributed by atoms with van der Waals surface area (Å²) in [5.41, 5.74) is 1.45. The maximum absolute atomic E-state index is 12.6. The SMILES string of the molecule is CC(=O)Nc1ccc(S(=O)(=O)N(C)CC(=O)Nc2ccc(C(C)=O)cc2)cc1. The zero-order chi connectivity index (χ0) is 20.9. The second-order valence-corrected chi connectivity index (χ2v) is 8.19. The van der Waals surface area contributed by atoms with Crippen molar-refractivity contribution in [2.75, 3.05) is 24.2 Å². The van der Waals surface area contributed by atoms with E-state index in [4.69, 9.17) is 0 Å². The number of carbonyl (C=O) groups excluding carboxylic acids is 3. The summed E-state index contributed by atoms with van der Waals surface area (Å²) in [4.78, 5) is 34.5. The average Bonchev–Trinajstić information content (AvgIpc) is 2.62. The highest BCUT2D eigenvalue weighted by molar-refractivity contribution is 7.89. The van der Waals surface area contributed by atoms with E-state index in [9.17, 15) is 22.8 Å². The first-order chi connectivity index (χ1) is 13.1. The summed E-state index contributed by atoms with van der Waals surface area (Å²) >= 11 is 0. The van der Waals surface area contributed by atoms with Gasteiger partial charge in [0.2, 0.25) is 21.8 Å². The van der Waals surface area contributed by atoms with Gasteiger partial charge in [-0.25, -0.2) is 8.42 Å². The van der Waals surface area contributed by atoms with Crippen molar-refractivity contribution in [2.24, 2.45) is 0 Å². The average molecular weight is 403 g/mol. The Kier molecular flexibility index (Phi) is 6.66. The molecule has 0 radical (unpaired) electrons. The number of benzene rings is 2. The molecule has 0 bridgehead atoms. The molecule has 0 aliphatic heterocycles. The summed E-state index contributed by atoms with van der Waals surface area (Å²) < 4.78 is 26.1. The fraction of sp³-hybridized carbons (Fsp3) is 0.211. The van der Waals surface area contributed by atoms with Crippen LogP contribution in [0.15, 0.2) is 53.4 Å². The second kappa shape index (κ2) is 8.77. The lowest BCUT2D eigenvalue weighted by molar-refractivity contribution is -0.116. The van der Waals surface area contributed by atoms with Crippen molar-refractivity contribution in [3.63, 3.8) is 0 Å². The van der Waals surface area contributed by atoms with E-state index in [1.807, 2.05) is 0 Å². The minimum atomic E-state index is -3.87. The van der Waals surface area contributed by atoms with Crippen LogP contribution in [0.5, 0.6) is 0 Å². The number of nitrogens with one attached hydrogen (secondary N) is 2. The van der Waals surface area contributed by atoms with Crippen molar-refractivity contribution in [3.8, 4) is 0 Å². The zero-order valence-corrected chi connectivity index (χ0v) is 16.5. The van der Waals surface area contributed by atoms with Crippen LogP contribution >= 0.6 is 0 Å². The number of carbonyl (C=O) groups is 3. The summed E-state index contributed by atoms with van der Waals surface area (Å²) in [5, 5.41) is 5.14. The van der Waals surface area contributed by atoms with Crippen LogP contribution in [0.25, 0.3) is 0 Å². The Bertz CT molecular complexity index is 983. The van der Waals surface area contributed by atoms with Gasteiger partial charge in [0.15, 0.2) is 5.78 Å². The van der Waals surface area contributed by atoms with Gasteiger partial charge in [-0.3, -0.25) is 14.4 Å². The third-order valence-corrected chi connectivity index (χ3v) is 5.64. The Morgan fingerprint density at radius 2 is 1.36 bits per heavy atom. The molecule has 9 heteroatoms. The first-order valence-corrected chi connectivity index (χ1v) is 9.78. The lowest BCUT2D eigenvalue weighted by Crippen LogP contribution is -2.35. The van der Waals surface area contributed by atoms with Crippen LogP contribution in [-0.4, -0.2) is 43.9 Å². The molecule has 0 aromatic heterocycles. The number of hydrogen-bond donors (Lipinski definition) is 2. The molecule has 0 fully saturated rings. The van der Waals surface area contributed by atoms with Gasteiger partial charge < -0.3 is 10.6 Å². The zero-order valence-electron chi connectivity index (χ0n) is 15.7. The van der Waals surface area contributed by atoms with E-state index in [2.05, 4.69) is 10.6 Å². The van der Waals surface area contributed by atoms with Crippen LogP contribution < -0.4 is 10.6 Å². The molecule has 2 rings (SSSR count). The lowest BCUT2D eigenvalue weighted by Gasteiger charge is -2.17. The van der Waals surface area contributed by atoms with Crippen molar-refractivity contribution < 1.29 is 22.8 Å². The highest BCUT2D eigenvalue weighted by Crippen LogP contribution is 2.18. The van der Waals surface area contributed by atoms with Crippen molar-refractivity contribution >= 4 is 39.0 Å². The number of likely N-dealkylation sites (N-methyl/N-ethyl adjacent to an activating group) is 1. The molecule has 0 saturated heterocycles. The van der Waals surface area contributed by atoms with Crippen LogP contribution in [0, 0.1) is 0 Å². The standard InChI is InChI=1S/C19H21N3O5S/c1-13(23)15-4-6-17(7-5-15)21-19(25)12-22(3)28(26,27)18-10-8-16(9-11-18)20-14(2)24/h4-11H,12H2,1-3H3,(H,20,24)(H,21,25). The van der Waals surface area contributed by atoms with Crippen molar-refractivity contribution in [1.29, 1.82) is 0 Å². The van der Waals surface area contributed by atoms with Crippen molar-refractivity contribution in [3.05, 3.63) is 54.1 Å². The molecule has 0 aliphatic carbocycles. The number of Topliss-reactive ketones (excluding diaryl/α,β-unsaturated/α-hetero) is 1. The number of sulfonamides is 1. The van der Waals surface area contributed by atoms with Crippen LogP contribution in [-0.2, 0) is 19.6 Å². The molecule has 0 unspecified atom stereocenters. The fourth-order valence-electron chi connectivity index (χ4n) is 2.37. The maximum atomic E-state index is 12.6. The highest BCUT2D eigenvalue weighted by Gasteiger charge is 2.23. The Labute approximate surface area is 163 Å². The van der Waals surface area contributed by atoms with Gasteiger partial charge in [-0.05, 0) is 55.5 Å². The molecule has 28 heavy (non-hydrogen) atoms. The molecule has 2 amide bonds. The third kappa shape index (κ3) is 5.48. The van der Waals surface area contributed by atoms with Crippen LogP contribution in [0.4, 0.5) is 11.4 Å². The van der Waals surface area contributed by atoms with Crippen molar-refractivity contribution in [2.45, 2.75) is 18.7 Å². The summed E-state index contributed by atoms with van der Waals surface area (Å²) in [6.07, 6.45) is 0. The fourth-order valence-corrected chi connectivity index (χ4v) is 3.50. The molecule has 2 aromatic carbocycles. The molecule has 0 saturated carbocycles. The molecular formula is C19H21N3O5S. The number of ketones is 1. The molecule has 0 heterocycles. The van der Waals surface area contributed by atoms with Gasteiger partial charge in [0, 0.05) is 30.9 Å². The Morgan fingerprint density at radius 1 is 0.857 bits per heavy atom. The molecule has 0 spiro atoms. The van der Waals surface area contributed by atoms with E-state index in [1.54, 1.807) is 24.3 Å². The van der Waals surface area contributed by atoms with Gasteiger partial charge in [-0.1, -0.05) is 0 Å². The summed E-state index contributed by atoms with van der Waals surface area (Å²) in [6.45, 7) is 2.41. The number of anilines is 2. The van der Waals surface area contributed by atoms with E-state index in [0.717, 1.165) is 4.31 Å². The van der Waals surface area contributed by atoms with Gasteiger partial charge >= 0.3 is 0 Å². The van der Waals surface area contributed by atoms with Crippen LogP contribution in [0.2, 0.25) is 0 Å². The minimum absolute atomic E-state index is 0.00251. The first-order valence-electron chi connectivity index (χ1n) is 8.34. The molecule has 148 valence electrons. The predicted molar refractivity (Wildman–Crippen MR) is 106 cm³/mol. The van der Waals surface area contributed by atoms with Crippen LogP contribution in [0.3, 0.4) is 0 Å². The van der Waals surface area contributed by atoms with Gasteiger partial charge in [-0.2, -0.15) is 4.31 Å². The summed E-state index contributed by atoms with van der Waals surface area (Å²) in [5.74, 6) is -0.870. The predicted octanol–water partition coefficient (Wildman–Crippen LogP) is 2.11. The molecular weight excluding hydrogens is 382 g/mol. The van der Waals surface area contributed by atoms with E-state index in [1.165, 1.54) is 45.2 Å². The quantitative estimate of drug-likeness (QED) is 0.688. The number of rotatable bonds is 7. The molecule has 8 nitrogen and oxygen atoms in total. The topological polar surface area (TPSA) is 113 Å². The Balaban J connectivity index is 2.03. The first kappa shape index (κ1) is 21.3. The van der Waals surface area contributed by atoms with Gasteiger partial charge in [0.25, 0.3) is 0 Å². The number of hydrogen-bond acceptors (Lipinski definition) is 5. The summed E-state index contributed by atoms with van der Waals surface area (Å²) in [6, 6.07) is 12.0. The van der Waals surface area contributed by atoms with Gasteiger partial charge in [0.1, 0.15) is 0 Å².